The van der Waals surface area contributed by atoms with Gasteiger partial charge in [-0.1, -0.05) is 0 Å². The van der Waals surface area contributed by atoms with Crippen LogP contribution in [-0.4, -0.2) is 11.2 Å². The monoisotopic (exact) mass is 204 g/mol. The van der Waals surface area contributed by atoms with E-state index in [4.69, 9.17) is 5.26 Å². The second-order valence-electron chi connectivity index (χ2n) is 3.05. The normalized spacial score (nSPS) is 9.33. The van der Waals surface area contributed by atoms with E-state index in [1.165, 1.54) is 12.1 Å². The van der Waals surface area contributed by atoms with E-state index in [0.717, 1.165) is 0 Å². The summed E-state index contributed by atoms with van der Waals surface area (Å²) in [6.45, 7) is 1.62. The van der Waals surface area contributed by atoms with Crippen LogP contribution in [0.1, 0.15) is 21.5 Å². The van der Waals surface area contributed by atoms with E-state index < -0.39 is 4.92 Å². The van der Waals surface area contributed by atoms with Gasteiger partial charge in [0.15, 0.2) is 0 Å². The molecular formula is C10H8N2O3. The first-order chi connectivity index (χ1) is 7.10. The maximum Gasteiger partial charge on any atom is 0.273 e. The molecule has 0 bridgehead atoms. The van der Waals surface area contributed by atoms with E-state index >= 15 is 0 Å². The third kappa shape index (κ3) is 2.17. The molecule has 1 aromatic carbocycles. The number of carbonyl (C=O) groups excluding carboxylic acids is 1. The minimum Gasteiger partial charge on any atom is -0.298 e. The number of nitro benzene ring substituents is 1. The highest BCUT2D eigenvalue weighted by molar-refractivity contribution is 5.78. The predicted molar refractivity (Wildman–Crippen MR) is 52.5 cm³/mol. The number of benzene rings is 1. The van der Waals surface area contributed by atoms with Crippen molar-refractivity contribution in [2.45, 2.75) is 13.3 Å². The third-order valence-corrected chi connectivity index (χ3v) is 2.06. The molecule has 0 atom stereocenters. The van der Waals surface area contributed by atoms with Crippen LogP contribution in [0.5, 0.6) is 0 Å². The fraction of sp³-hybridized carbons (Fsp3) is 0.200. The number of aryl methyl sites for hydroxylation is 1. The van der Waals surface area contributed by atoms with E-state index in [2.05, 4.69) is 0 Å². The van der Waals surface area contributed by atoms with Crippen LogP contribution >= 0.6 is 0 Å². The molecule has 0 aliphatic heterocycles. The topological polar surface area (TPSA) is 84.0 Å². The zero-order valence-electron chi connectivity index (χ0n) is 8.06. The van der Waals surface area contributed by atoms with Crippen molar-refractivity contribution in [1.82, 2.24) is 0 Å². The van der Waals surface area contributed by atoms with Crippen LogP contribution in [0.15, 0.2) is 12.1 Å². The molecule has 0 aliphatic carbocycles. The van der Waals surface area contributed by atoms with Crippen LogP contribution in [0, 0.1) is 28.4 Å². The highest BCUT2D eigenvalue weighted by Crippen LogP contribution is 2.22. The number of nitro groups is 1. The molecule has 1 rings (SSSR count). The number of aldehydes is 1. The lowest BCUT2D eigenvalue weighted by Gasteiger charge is -2.02. The second-order valence-corrected chi connectivity index (χ2v) is 3.05. The summed E-state index contributed by atoms with van der Waals surface area (Å²) in [5.74, 6) is 0. The van der Waals surface area contributed by atoms with Crippen LogP contribution in [0.4, 0.5) is 5.69 Å². The zero-order chi connectivity index (χ0) is 11.4. The molecule has 0 N–H and O–H groups in total. The van der Waals surface area contributed by atoms with Crippen molar-refractivity contribution in [3.05, 3.63) is 38.9 Å². The van der Waals surface area contributed by atoms with Crippen LogP contribution < -0.4 is 0 Å². The predicted octanol–water partition coefficient (Wildman–Crippen LogP) is 1.78. The standard InChI is InChI=1S/C10H8N2O3/c1-7-4-10(12(14)15)8(2-3-11)5-9(7)6-13/h4-6H,2H2,1H3. The number of rotatable bonds is 3. The van der Waals surface area contributed by atoms with Crippen molar-refractivity contribution in [1.29, 1.82) is 5.26 Å². The summed E-state index contributed by atoms with van der Waals surface area (Å²) < 4.78 is 0. The van der Waals surface area contributed by atoms with Crippen LogP contribution in [0.25, 0.3) is 0 Å². The Morgan fingerprint density at radius 1 is 1.60 bits per heavy atom. The van der Waals surface area contributed by atoms with Crippen LogP contribution in [0.3, 0.4) is 0 Å². The molecule has 0 aliphatic rings. The van der Waals surface area contributed by atoms with Crippen molar-refractivity contribution < 1.29 is 9.72 Å². The Bertz CT molecular complexity index is 460. The first kappa shape index (κ1) is 10.9. The van der Waals surface area contributed by atoms with Gasteiger partial charge in [-0.25, -0.2) is 0 Å². The summed E-state index contributed by atoms with van der Waals surface area (Å²) >= 11 is 0. The van der Waals surface area contributed by atoms with Gasteiger partial charge < -0.3 is 0 Å². The quantitative estimate of drug-likeness (QED) is 0.426. The molecule has 0 amide bonds. The van der Waals surface area contributed by atoms with Crippen molar-refractivity contribution >= 4 is 12.0 Å². The van der Waals surface area contributed by atoms with Gasteiger partial charge in [-0.05, 0) is 18.6 Å². The number of carbonyl (C=O) groups is 1. The summed E-state index contributed by atoms with van der Waals surface area (Å²) in [5.41, 5.74) is 1.08. The van der Waals surface area contributed by atoms with Crippen LogP contribution in [-0.2, 0) is 6.42 Å². The molecule has 76 valence electrons. The SMILES string of the molecule is Cc1cc([N+](=O)[O-])c(CC#N)cc1C=O. The molecule has 5 heteroatoms. The smallest absolute Gasteiger partial charge is 0.273 e. The summed E-state index contributed by atoms with van der Waals surface area (Å²) in [6, 6.07) is 4.54. The summed E-state index contributed by atoms with van der Waals surface area (Å²) in [6.07, 6.45) is 0.553. The Labute approximate surface area is 86.1 Å². The third-order valence-electron chi connectivity index (χ3n) is 2.06. The fourth-order valence-electron chi connectivity index (χ4n) is 1.28. The van der Waals surface area contributed by atoms with Gasteiger partial charge in [0.05, 0.1) is 17.4 Å². The molecular weight excluding hydrogens is 196 g/mol. The summed E-state index contributed by atoms with van der Waals surface area (Å²) in [4.78, 5) is 20.7. The van der Waals surface area contributed by atoms with Gasteiger partial charge in [-0.3, -0.25) is 14.9 Å². The largest absolute Gasteiger partial charge is 0.298 e. The van der Waals surface area contributed by atoms with Crippen LogP contribution in [0.2, 0.25) is 0 Å². The average molecular weight is 204 g/mol. The summed E-state index contributed by atoms with van der Waals surface area (Å²) in [7, 11) is 0. The molecule has 0 aromatic heterocycles. The molecule has 15 heavy (non-hydrogen) atoms. The number of hydrogen-bond donors (Lipinski definition) is 0. The van der Waals surface area contributed by atoms with Crippen molar-refractivity contribution in [3.8, 4) is 6.07 Å². The van der Waals surface area contributed by atoms with Crippen molar-refractivity contribution in [2.75, 3.05) is 0 Å². The van der Waals surface area contributed by atoms with Crippen molar-refractivity contribution in [3.63, 3.8) is 0 Å². The number of nitrogens with zero attached hydrogens (tertiary/aromatic N) is 2. The molecule has 0 heterocycles. The Balaban J connectivity index is 3.39. The fourth-order valence-corrected chi connectivity index (χ4v) is 1.28. The molecule has 1 aromatic rings. The van der Waals surface area contributed by atoms with E-state index in [9.17, 15) is 14.9 Å². The van der Waals surface area contributed by atoms with E-state index in [0.29, 0.717) is 17.4 Å². The van der Waals surface area contributed by atoms with E-state index in [1.54, 1.807) is 6.92 Å². The molecule has 0 radical (unpaired) electrons. The van der Waals surface area contributed by atoms with Gasteiger partial charge in [0.25, 0.3) is 5.69 Å². The number of hydrogen-bond acceptors (Lipinski definition) is 4. The highest BCUT2D eigenvalue weighted by Gasteiger charge is 2.15. The lowest BCUT2D eigenvalue weighted by molar-refractivity contribution is -0.385. The Kier molecular flexibility index (Phi) is 3.13. The minimum absolute atomic E-state index is 0.0720. The highest BCUT2D eigenvalue weighted by atomic mass is 16.6. The second kappa shape index (κ2) is 4.33. The first-order valence-electron chi connectivity index (χ1n) is 4.20. The molecule has 0 spiro atoms. The van der Waals surface area contributed by atoms with Crippen molar-refractivity contribution in [2.24, 2.45) is 0 Å². The number of nitriles is 1. The molecule has 0 saturated carbocycles. The van der Waals surface area contributed by atoms with Gasteiger partial charge in [0.2, 0.25) is 0 Å². The van der Waals surface area contributed by atoms with Gasteiger partial charge in [0.1, 0.15) is 6.29 Å². The Hall–Kier alpha value is -2.22. The first-order valence-corrected chi connectivity index (χ1v) is 4.20. The molecule has 0 unspecified atom stereocenters. The van der Waals surface area contributed by atoms with Gasteiger partial charge in [-0.15, -0.1) is 0 Å². The average Bonchev–Trinajstić information content (AvgIpc) is 2.20. The maximum atomic E-state index is 10.7. The van der Waals surface area contributed by atoms with E-state index in [1.807, 2.05) is 6.07 Å². The molecule has 0 saturated heterocycles. The van der Waals surface area contributed by atoms with E-state index in [-0.39, 0.29) is 17.7 Å². The van der Waals surface area contributed by atoms with Gasteiger partial charge >= 0.3 is 0 Å². The Morgan fingerprint density at radius 3 is 2.73 bits per heavy atom. The zero-order valence-corrected chi connectivity index (χ0v) is 8.06. The molecule has 5 nitrogen and oxygen atoms in total. The molecule has 0 fully saturated rings. The lowest BCUT2D eigenvalue weighted by Crippen LogP contribution is -1.98. The summed E-state index contributed by atoms with van der Waals surface area (Å²) in [5, 5.41) is 19.2. The lowest BCUT2D eigenvalue weighted by atomic mass is 10.0. The van der Waals surface area contributed by atoms with Gasteiger partial charge in [-0.2, -0.15) is 5.26 Å². The minimum atomic E-state index is -0.547. The van der Waals surface area contributed by atoms with Gasteiger partial charge in [0, 0.05) is 17.2 Å². The maximum absolute atomic E-state index is 10.7. The Morgan fingerprint density at radius 2 is 2.27 bits per heavy atom.